The van der Waals surface area contributed by atoms with Crippen LogP contribution < -0.4 is 16.0 Å². The van der Waals surface area contributed by atoms with E-state index in [9.17, 15) is 9.59 Å². The van der Waals surface area contributed by atoms with E-state index in [1.165, 1.54) is 0 Å². The quantitative estimate of drug-likeness (QED) is 0.258. The fourth-order valence-corrected chi connectivity index (χ4v) is 2.78. The van der Waals surface area contributed by atoms with Crippen LogP contribution in [0.3, 0.4) is 0 Å². The molecule has 9 heteroatoms. The molecule has 0 heterocycles. The number of aliphatic imine (C=N–C) groups is 1. The molecule has 0 aliphatic carbocycles. The van der Waals surface area contributed by atoms with Crippen molar-refractivity contribution in [1.82, 2.24) is 20.9 Å². The summed E-state index contributed by atoms with van der Waals surface area (Å²) in [7, 11) is 5.19. The van der Waals surface area contributed by atoms with Gasteiger partial charge in [-0.25, -0.2) is 4.79 Å². The number of carbonyl (C=O) groups excluding carboxylic acids is 2. The highest BCUT2D eigenvalue weighted by Crippen LogP contribution is 2.09. The van der Waals surface area contributed by atoms with Gasteiger partial charge in [0.25, 0.3) is 5.91 Å². The number of nitrogens with zero attached hydrogens (tertiary/aromatic N) is 2. The number of hydrogen-bond acceptors (Lipinski definition) is 4. The first-order valence-electron chi connectivity index (χ1n) is 10.7. The molecule has 0 radical (unpaired) electrons. The Morgan fingerprint density at radius 2 is 1.81 bits per heavy atom. The summed E-state index contributed by atoms with van der Waals surface area (Å²) in [5.41, 5.74) is 1.21. The molecule has 1 rings (SSSR count). The summed E-state index contributed by atoms with van der Waals surface area (Å²) < 4.78 is 5.36. The van der Waals surface area contributed by atoms with Crippen LogP contribution in [0.15, 0.2) is 29.3 Å². The smallest absolute Gasteiger partial charge is 0.407 e. The van der Waals surface area contributed by atoms with E-state index in [2.05, 4.69) is 20.9 Å². The van der Waals surface area contributed by atoms with Crippen LogP contribution in [0.4, 0.5) is 4.79 Å². The van der Waals surface area contributed by atoms with E-state index in [1.807, 2.05) is 58.9 Å². The molecule has 32 heavy (non-hydrogen) atoms. The maximum absolute atomic E-state index is 12.1. The van der Waals surface area contributed by atoms with Gasteiger partial charge in [0, 0.05) is 39.8 Å². The first kappa shape index (κ1) is 30.0. The number of rotatable bonds is 8. The molecule has 0 saturated carbocycles. The van der Waals surface area contributed by atoms with Gasteiger partial charge in [0.15, 0.2) is 5.96 Å². The van der Waals surface area contributed by atoms with Gasteiger partial charge < -0.3 is 25.6 Å². The Labute approximate surface area is 210 Å². The van der Waals surface area contributed by atoms with Crippen LogP contribution in [0.2, 0.25) is 0 Å². The van der Waals surface area contributed by atoms with E-state index in [0.29, 0.717) is 24.6 Å². The molecule has 0 fully saturated rings. The summed E-state index contributed by atoms with van der Waals surface area (Å²) in [5.74, 6) is 0.858. The van der Waals surface area contributed by atoms with E-state index in [0.717, 1.165) is 12.0 Å². The van der Waals surface area contributed by atoms with Gasteiger partial charge >= 0.3 is 6.09 Å². The molecule has 0 aliphatic rings. The number of halogens is 1. The molecule has 3 N–H and O–H groups in total. The maximum atomic E-state index is 12.1. The molecule has 8 nitrogen and oxygen atoms in total. The van der Waals surface area contributed by atoms with Crippen molar-refractivity contribution in [3.8, 4) is 0 Å². The van der Waals surface area contributed by atoms with Crippen LogP contribution in [0, 0.1) is 5.92 Å². The van der Waals surface area contributed by atoms with Crippen LogP contribution in [-0.4, -0.2) is 68.7 Å². The Morgan fingerprint density at radius 3 is 2.34 bits per heavy atom. The second kappa shape index (κ2) is 14.2. The van der Waals surface area contributed by atoms with E-state index in [1.54, 1.807) is 26.0 Å². The van der Waals surface area contributed by atoms with Gasteiger partial charge in [-0.05, 0) is 50.8 Å². The summed E-state index contributed by atoms with van der Waals surface area (Å²) in [5, 5.41) is 9.45. The number of guanidine groups is 1. The lowest BCUT2D eigenvalue weighted by molar-refractivity contribution is 0.0491. The molecule has 2 amide bonds. The molecule has 0 saturated heterocycles. The van der Waals surface area contributed by atoms with Crippen molar-refractivity contribution in [2.24, 2.45) is 10.9 Å². The average molecular weight is 562 g/mol. The van der Waals surface area contributed by atoms with Crippen LogP contribution >= 0.6 is 24.0 Å². The summed E-state index contributed by atoms with van der Waals surface area (Å²) in [4.78, 5) is 30.0. The van der Waals surface area contributed by atoms with Crippen molar-refractivity contribution < 1.29 is 14.3 Å². The minimum Gasteiger partial charge on any atom is -0.444 e. The van der Waals surface area contributed by atoms with Crippen LogP contribution in [0.1, 0.15) is 50.5 Å². The first-order chi connectivity index (χ1) is 14.4. The summed E-state index contributed by atoms with van der Waals surface area (Å²) >= 11 is 0. The molecule has 1 aromatic rings. The lowest BCUT2D eigenvalue weighted by Gasteiger charge is -2.26. The number of nitrogens with one attached hydrogen (secondary N) is 3. The minimum absolute atomic E-state index is 0. The Balaban J connectivity index is 0.00000961. The Kier molecular flexibility index (Phi) is 13.3. The molecule has 0 aromatic heterocycles. The normalized spacial score (nSPS) is 12.5. The number of carbonyl (C=O) groups is 2. The Morgan fingerprint density at radius 1 is 1.16 bits per heavy atom. The first-order valence-corrected chi connectivity index (χ1v) is 10.7. The molecular weight excluding hydrogens is 521 g/mol. The zero-order valence-corrected chi connectivity index (χ0v) is 22.9. The minimum atomic E-state index is -0.537. The van der Waals surface area contributed by atoms with Crippen LogP contribution in [-0.2, 0) is 11.2 Å². The predicted octanol–water partition coefficient (Wildman–Crippen LogP) is 3.26. The van der Waals surface area contributed by atoms with Gasteiger partial charge in [0.2, 0.25) is 0 Å². The van der Waals surface area contributed by atoms with E-state index in [4.69, 9.17) is 4.74 Å². The highest BCUT2D eigenvalue weighted by atomic mass is 127. The molecular formula is C23H40IN5O3. The standard InChI is InChI=1S/C23H39N5O3.HI/c1-16(2)19(27-22(30)31-23(3,4)5)15-26-21(24-6)25-13-12-17-10-9-11-18(14-17)20(29)28(7)8;/h9-11,14,16,19H,12-13,15H2,1-8H3,(H,27,30)(H2,24,25,26);1H. The highest BCUT2D eigenvalue weighted by Gasteiger charge is 2.21. The average Bonchev–Trinajstić information content (AvgIpc) is 2.67. The monoisotopic (exact) mass is 561 g/mol. The van der Waals surface area contributed by atoms with Gasteiger partial charge in [-0.15, -0.1) is 24.0 Å². The third kappa shape index (κ3) is 11.5. The van der Waals surface area contributed by atoms with Crippen molar-refractivity contribution in [3.63, 3.8) is 0 Å². The largest absolute Gasteiger partial charge is 0.444 e. The fraction of sp³-hybridized carbons (Fsp3) is 0.609. The van der Waals surface area contributed by atoms with Crippen molar-refractivity contribution in [2.45, 2.75) is 52.7 Å². The molecule has 0 bridgehead atoms. The van der Waals surface area contributed by atoms with Crippen molar-refractivity contribution in [3.05, 3.63) is 35.4 Å². The molecule has 0 spiro atoms. The van der Waals surface area contributed by atoms with Gasteiger partial charge in [-0.2, -0.15) is 0 Å². The summed E-state index contributed by atoms with van der Waals surface area (Å²) in [6.07, 6.45) is 0.321. The highest BCUT2D eigenvalue weighted by molar-refractivity contribution is 14.0. The van der Waals surface area contributed by atoms with Gasteiger partial charge in [0.05, 0.1) is 6.04 Å². The molecule has 1 unspecified atom stereocenters. The van der Waals surface area contributed by atoms with E-state index in [-0.39, 0.29) is 41.8 Å². The summed E-state index contributed by atoms with van der Waals surface area (Å²) in [6, 6.07) is 7.53. The van der Waals surface area contributed by atoms with Crippen molar-refractivity contribution >= 4 is 41.9 Å². The Bertz CT molecular complexity index is 760. The molecule has 182 valence electrons. The van der Waals surface area contributed by atoms with Crippen LogP contribution in [0.5, 0.6) is 0 Å². The zero-order chi connectivity index (χ0) is 23.6. The zero-order valence-electron chi connectivity index (χ0n) is 20.6. The van der Waals surface area contributed by atoms with Gasteiger partial charge in [0.1, 0.15) is 5.60 Å². The summed E-state index contributed by atoms with van der Waals surface area (Å²) in [6.45, 7) is 10.8. The van der Waals surface area contributed by atoms with E-state index >= 15 is 0 Å². The number of ether oxygens (including phenoxy) is 1. The SMILES string of the molecule is CN=C(NCCc1cccc(C(=O)N(C)C)c1)NCC(NC(=O)OC(C)(C)C)C(C)C.I. The maximum Gasteiger partial charge on any atom is 0.407 e. The lowest BCUT2D eigenvalue weighted by Crippen LogP contribution is -2.50. The van der Waals surface area contributed by atoms with Crippen molar-refractivity contribution in [1.29, 1.82) is 0 Å². The van der Waals surface area contributed by atoms with Crippen LogP contribution in [0.25, 0.3) is 0 Å². The van der Waals surface area contributed by atoms with Crippen molar-refractivity contribution in [2.75, 3.05) is 34.2 Å². The topological polar surface area (TPSA) is 95.1 Å². The lowest BCUT2D eigenvalue weighted by atomic mass is 10.0. The fourth-order valence-electron chi connectivity index (χ4n) is 2.78. The number of hydrogen-bond donors (Lipinski definition) is 3. The number of amides is 2. The molecule has 0 aliphatic heterocycles. The second-order valence-electron chi connectivity index (χ2n) is 9.03. The predicted molar refractivity (Wildman–Crippen MR) is 141 cm³/mol. The number of benzene rings is 1. The third-order valence-electron chi connectivity index (χ3n) is 4.51. The Hall–Kier alpha value is -2.04. The van der Waals surface area contributed by atoms with E-state index < -0.39 is 11.7 Å². The number of alkyl carbamates (subject to hydrolysis) is 1. The molecule has 1 aromatic carbocycles. The molecule has 1 atom stereocenters. The van der Waals surface area contributed by atoms with Gasteiger partial charge in [-0.3, -0.25) is 9.79 Å². The second-order valence-corrected chi connectivity index (χ2v) is 9.03. The third-order valence-corrected chi connectivity index (χ3v) is 4.51. The van der Waals surface area contributed by atoms with Gasteiger partial charge in [-0.1, -0.05) is 26.0 Å².